The zero-order valence-electron chi connectivity index (χ0n) is 16.8. The van der Waals surface area contributed by atoms with Crippen molar-refractivity contribution in [3.63, 3.8) is 0 Å². The molecule has 2 aromatic rings. The van der Waals surface area contributed by atoms with Crippen LogP contribution in [0.1, 0.15) is 0 Å². The number of benzene rings is 1. The molecule has 1 aromatic carbocycles. The molecular weight excluding hydrogens is 449 g/mol. The number of oxazole rings is 1. The van der Waals surface area contributed by atoms with Crippen LogP contribution in [0.2, 0.25) is 5.02 Å². The summed E-state index contributed by atoms with van der Waals surface area (Å²) >= 11 is 6.02. The molecular formula is C21H20ClF3N4O3. The van der Waals surface area contributed by atoms with E-state index < -0.39 is 18.6 Å². The standard InChI is InChI=1S/C21H20ClF3N4O3/c22-16-3-4-18-17(6-16)27-19(32-18)28-7-13-9-29(10-14(13)8-28)21(31-12-20(23,24)25)15(11-30)2-1-5-26-21/h1-6,11,13-14,26H,7-10,12H2. The van der Waals surface area contributed by atoms with Gasteiger partial charge in [0.1, 0.15) is 12.1 Å². The Labute approximate surface area is 186 Å². The predicted octanol–water partition coefficient (Wildman–Crippen LogP) is 3.32. The number of hydrogen-bond donors (Lipinski definition) is 1. The first-order valence-electron chi connectivity index (χ1n) is 10.1. The summed E-state index contributed by atoms with van der Waals surface area (Å²) in [5.41, 5.74) is 1.42. The summed E-state index contributed by atoms with van der Waals surface area (Å²) in [4.78, 5) is 20.0. The largest absolute Gasteiger partial charge is 0.423 e. The molecule has 0 bridgehead atoms. The number of halogens is 4. The Balaban J connectivity index is 1.34. The van der Waals surface area contributed by atoms with Gasteiger partial charge in [-0.25, -0.2) is 0 Å². The van der Waals surface area contributed by atoms with Gasteiger partial charge < -0.3 is 19.4 Å². The maximum Gasteiger partial charge on any atom is 0.411 e. The molecule has 5 rings (SSSR count). The molecule has 1 N–H and O–H groups in total. The molecule has 0 radical (unpaired) electrons. The van der Waals surface area contributed by atoms with Gasteiger partial charge in [0.25, 0.3) is 6.01 Å². The molecule has 0 aliphatic carbocycles. The minimum absolute atomic E-state index is 0.108. The van der Waals surface area contributed by atoms with Crippen LogP contribution in [0.4, 0.5) is 19.2 Å². The third-order valence-corrected chi connectivity index (χ3v) is 6.39. The van der Waals surface area contributed by atoms with Gasteiger partial charge in [-0.1, -0.05) is 11.6 Å². The van der Waals surface area contributed by atoms with E-state index in [2.05, 4.69) is 10.3 Å². The summed E-state index contributed by atoms with van der Waals surface area (Å²) in [6, 6.07) is 5.74. The van der Waals surface area contributed by atoms with Crippen molar-refractivity contribution in [3.8, 4) is 0 Å². The Kier molecular flexibility index (Phi) is 5.18. The van der Waals surface area contributed by atoms with Crippen molar-refractivity contribution in [3.05, 3.63) is 47.1 Å². The maximum absolute atomic E-state index is 13.0. The van der Waals surface area contributed by atoms with Gasteiger partial charge in [-0.15, -0.1) is 0 Å². The Morgan fingerprint density at radius 1 is 1.28 bits per heavy atom. The van der Waals surface area contributed by atoms with Crippen molar-refractivity contribution >= 4 is 35.0 Å². The van der Waals surface area contributed by atoms with Crippen LogP contribution in [0.25, 0.3) is 11.1 Å². The second kappa shape index (κ2) is 7.79. The normalized spacial score (nSPS) is 28.1. The quantitative estimate of drug-likeness (QED) is 0.675. The molecule has 3 atom stereocenters. The number of allylic oxidation sites excluding steroid dienone is 2. The maximum atomic E-state index is 13.0. The van der Waals surface area contributed by atoms with E-state index in [1.807, 2.05) is 4.90 Å². The first kappa shape index (κ1) is 21.3. The van der Waals surface area contributed by atoms with Gasteiger partial charge in [0, 0.05) is 37.4 Å². The molecule has 1 aromatic heterocycles. The van der Waals surface area contributed by atoms with Crippen LogP contribution in [0, 0.1) is 11.8 Å². The Morgan fingerprint density at radius 2 is 2.03 bits per heavy atom. The third kappa shape index (κ3) is 3.76. The minimum Gasteiger partial charge on any atom is -0.423 e. The monoisotopic (exact) mass is 468 g/mol. The number of carbonyl (C=O) groups excluding carboxylic acids is 1. The van der Waals surface area contributed by atoms with Gasteiger partial charge in [-0.2, -0.15) is 18.2 Å². The lowest BCUT2D eigenvalue weighted by atomic mass is 10.0. The van der Waals surface area contributed by atoms with Crippen LogP contribution in [0.3, 0.4) is 0 Å². The van der Waals surface area contributed by atoms with Gasteiger partial charge in [0.2, 0.25) is 5.85 Å². The number of nitrogens with one attached hydrogen (secondary N) is 1. The fourth-order valence-electron chi connectivity index (χ4n) is 4.73. The number of aromatic nitrogens is 1. The van der Waals surface area contributed by atoms with Gasteiger partial charge in [-0.3, -0.25) is 9.69 Å². The van der Waals surface area contributed by atoms with E-state index in [0.29, 0.717) is 54.6 Å². The number of nitrogens with zero attached hydrogens (tertiary/aromatic N) is 3. The average Bonchev–Trinajstić information content (AvgIpc) is 3.44. The number of alkyl halides is 3. The van der Waals surface area contributed by atoms with E-state index in [0.717, 1.165) is 0 Å². The highest BCUT2D eigenvalue weighted by atomic mass is 35.5. The smallest absolute Gasteiger partial charge is 0.411 e. The predicted molar refractivity (Wildman–Crippen MR) is 111 cm³/mol. The Bertz CT molecular complexity index is 1090. The molecule has 0 amide bonds. The average molecular weight is 469 g/mol. The fraction of sp³-hybridized carbons (Fsp3) is 0.429. The highest BCUT2D eigenvalue weighted by Gasteiger charge is 2.52. The van der Waals surface area contributed by atoms with Crippen LogP contribution in [0.15, 0.2) is 46.5 Å². The first-order valence-corrected chi connectivity index (χ1v) is 10.5. The number of ether oxygens (including phenoxy) is 1. The number of carbonyl (C=O) groups is 1. The lowest BCUT2D eigenvalue weighted by Crippen LogP contribution is -2.62. The van der Waals surface area contributed by atoms with Crippen LogP contribution >= 0.6 is 11.6 Å². The van der Waals surface area contributed by atoms with Crippen molar-refractivity contribution in [2.24, 2.45) is 11.8 Å². The molecule has 0 spiro atoms. The molecule has 2 fully saturated rings. The number of rotatable bonds is 5. The first-order chi connectivity index (χ1) is 15.3. The van der Waals surface area contributed by atoms with E-state index in [9.17, 15) is 18.0 Å². The number of fused-ring (bicyclic) bond motifs is 2. The molecule has 2 saturated heterocycles. The van der Waals surface area contributed by atoms with E-state index in [4.69, 9.17) is 20.8 Å². The van der Waals surface area contributed by atoms with Crippen LogP contribution in [0.5, 0.6) is 0 Å². The van der Waals surface area contributed by atoms with E-state index in [1.165, 1.54) is 12.3 Å². The van der Waals surface area contributed by atoms with Crippen molar-refractivity contribution in [2.45, 2.75) is 12.0 Å². The summed E-state index contributed by atoms with van der Waals surface area (Å²) in [7, 11) is 0. The molecule has 170 valence electrons. The number of likely N-dealkylation sites (tertiary alicyclic amines) is 1. The summed E-state index contributed by atoms with van der Waals surface area (Å²) < 4.78 is 50.0. The van der Waals surface area contributed by atoms with E-state index in [-0.39, 0.29) is 17.4 Å². The number of anilines is 1. The third-order valence-electron chi connectivity index (χ3n) is 6.15. The van der Waals surface area contributed by atoms with E-state index in [1.54, 1.807) is 29.2 Å². The molecule has 7 nitrogen and oxygen atoms in total. The Morgan fingerprint density at radius 3 is 2.72 bits per heavy atom. The van der Waals surface area contributed by atoms with Crippen LogP contribution < -0.4 is 10.2 Å². The van der Waals surface area contributed by atoms with Crippen LogP contribution in [-0.4, -0.2) is 61.0 Å². The number of dihydropyridines is 1. The second-order valence-electron chi connectivity index (χ2n) is 8.23. The minimum atomic E-state index is -4.52. The SMILES string of the molecule is O=CC1=CC=CNC1(OCC(F)(F)F)N1CC2CN(c3nc4cc(Cl)ccc4o3)CC2C1. The van der Waals surface area contributed by atoms with Crippen LogP contribution in [-0.2, 0) is 9.53 Å². The lowest BCUT2D eigenvalue weighted by molar-refractivity contribution is -0.232. The van der Waals surface area contributed by atoms with Gasteiger partial charge in [-0.05, 0) is 42.2 Å². The molecule has 3 aliphatic heterocycles. The highest BCUT2D eigenvalue weighted by molar-refractivity contribution is 6.31. The molecule has 3 aliphatic rings. The van der Waals surface area contributed by atoms with Gasteiger partial charge in [0.05, 0.1) is 5.57 Å². The van der Waals surface area contributed by atoms with Gasteiger partial charge in [0.15, 0.2) is 11.9 Å². The number of aldehydes is 1. The zero-order chi connectivity index (χ0) is 22.5. The van der Waals surface area contributed by atoms with Gasteiger partial charge >= 0.3 is 6.18 Å². The molecule has 11 heteroatoms. The van der Waals surface area contributed by atoms with Crippen molar-refractivity contribution in [2.75, 3.05) is 37.7 Å². The highest BCUT2D eigenvalue weighted by Crippen LogP contribution is 2.40. The molecule has 3 unspecified atom stereocenters. The zero-order valence-corrected chi connectivity index (χ0v) is 17.6. The second-order valence-corrected chi connectivity index (χ2v) is 8.67. The lowest BCUT2D eigenvalue weighted by Gasteiger charge is -2.43. The number of hydrogen-bond acceptors (Lipinski definition) is 7. The fourth-order valence-corrected chi connectivity index (χ4v) is 4.90. The summed E-state index contributed by atoms with van der Waals surface area (Å²) in [5, 5.41) is 3.44. The van der Waals surface area contributed by atoms with Crippen molar-refractivity contribution in [1.29, 1.82) is 0 Å². The molecule has 32 heavy (non-hydrogen) atoms. The van der Waals surface area contributed by atoms with Crippen molar-refractivity contribution < 1.29 is 27.1 Å². The molecule has 0 saturated carbocycles. The summed E-state index contributed by atoms with van der Waals surface area (Å²) in [5.74, 6) is -1.34. The Hall–Kier alpha value is -2.56. The van der Waals surface area contributed by atoms with E-state index >= 15 is 0 Å². The topological polar surface area (TPSA) is 70.8 Å². The molecule has 4 heterocycles. The summed E-state index contributed by atoms with van der Waals surface area (Å²) in [6.45, 7) is 0.705. The summed E-state index contributed by atoms with van der Waals surface area (Å²) in [6.07, 6.45) is 0.552. The van der Waals surface area contributed by atoms with Crippen molar-refractivity contribution in [1.82, 2.24) is 15.2 Å².